The summed E-state index contributed by atoms with van der Waals surface area (Å²) >= 11 is 0. The summed E-state index contributed by atoms with van der Waals surface area (Å²) in [5.41, 5.74) is 0.832. The van der Waals surface area contributed by atoms with E-state index in [1.54, 1.807) is 0 Å². The van der Waals surface area contributed by atoms with Crippen molar-refractivity contribution in [1.82, 2.24) is 5.32 Å². The van der Waals surface area contributed by atoms with Gasteiger partial charge >= 0.3 is 0 Å². The van der Waals surface area contributed by atoms with Gasteiger partial charge in [-0.3, -0.25) is 0 Å². The molecule has 2 fully saturated rings. The van der Waals surface area contributed by atoms with E-state index in [2.05, 4.69) is 11.9 Å². The van der Waals surface area contributed by atoms with Crippen molar-refractivity contribution in [1.29, 1.82) is 0 Å². The normalized spacial score (nSPS) is 28.8. The molecule has 0 saturated carbocycles. The zero-order chi connectivity index (χ0) is 13.9. The second-order valence-corrected chi connectivity index (χ2v) is 5.74. The molecule has 2 heterocycles. The minimum absolute atomic E-state index is 0.241. The minimum Gasteiger partial charge on any atom is -0.490 e. The first-order valence-corrected chi connectivity index (χ1v) is 7.34. The summed E-state index contributed by atoms with van der Waals surface area (Å²) in [6, 6.07) is 8.76. The van der Waals surface area contributed by atoms with E-state index in [0.29, 0.717) is 23.6 Å². The van der Waals surface area contributed by atoms with Gasteiger partial charge in [-0.1, -0.05) is 25.1 Å². The Morgan fingerprint density at radius 3 is 2.60 bits per heavy atom. The lowest BCUT2D eigenvalue weighted by Gasteiger charge is -2.40. The third-order valence-electron chi connectivity index (χ3n) is 4.29. The van der Waals surface area contributed by atoms with Crippen LogP contribution in [0.25, 0.3) is 5.76 Å². The highest BCUT2D eigenvalue weighted by Gasteiger charge is 2.32. The second-order valence-electron chi connectivity index (χ2n) is 5.74. The highest BCUT2D eigenvalue weighted by Crippen LogP contribution is 2.32. The summed E-state index contributed by atoms with van der Waals surface area (Å²) in [5, 5.41) is 3.66. The van der Waals surface area contributed by atoms with Gasteiger partial charge in [0.05, 0.1) is 5.56 Å². The number of rotatable bonds is 4. The maximum atomic E-state index is 6.09. The molecule has 3 N–H and O–H groups in total. The number of benzene rings is 1. The highest BCUT2D eigenvalue weighted by molar-refractivity contribution is 5.63. The van der Waals surface area contributed by atoms with Crippen molar-refractivity contribution >= 4 is 5.76 Å². The molecule has 4 nitrogen and oxygen atoms in total. The lowest BCUT2D eigenvalue weighted by atomic mass is 9.85. The quantitative estimate of drug-likeness (QED) is 0.654. The predicted octanol–water partition coefficient (Wildman–Crippen LogP) is 2.60. The molecule has 0 amide bonds. The number of nitrogens with one attached hydrogen (secondary N) is 1. The lowest BCUT2D eigenvalue weighted by molar-refractivity contribution is 0.0721. The van der Waals surface area contributed by atoms with Gasteiger partial charge in [-0.05, 0) is 37.8 Å². The van der Waals surface area contributed by atoms with E-state index < -0.39 is 0 Å². The number of hydrogen-bond acceptors (Lipinski definition) is 4. The van der Waals surface area contributed by atoms with Gasteiger partial charge < -0.3 is 14.9 Å². The maximum absolute atomic E-state index is 6.09. The molecular formula is C16H22N2O2. The number of ether oxygens (including phenoxy) is 1. The number of para-hydroxylation sites is 1. The fourth-order valence-corrected chi connectivity index (χ4v) is 3.37. The first kappa shape index (κ1) is 13.5. The third-order valence-corrected chi connectivity index (χ3v) is 4.29. The van der Waals surface area contributed by atoms with Gasteiger partial charge in [0.1, 0.15) is 11.9 Å². The topological polar surface area (TPSA) is 56.5 Å². The van der Waals surface area contributed by atoms with Crippen LogP contribution >= 0.6 is 0 Å². The number of piperidine rings is 2. The van der Waals surface area contributed by atoms with Crippen LogP contribution in [-0.4, -0.2) is 18.2 Å². The zero-order valence-electron chi connectivity index (χ0n) is 11.7. The van der Waals surface area contributed by atoms with E-state index in [-0.39, 0.29) is 6.10 Å². The van der Waals surface area contributed by atoms with E-state index in [1.165, 1.54) is 19.3 Å². The van der Waals surface area contributed by atoms with Gasteiger partial charge in [-0.25, -0.2) is 0 Å². The molecule has 1 aromatic carbocycles. The van der Waals surface area contributed by atoms with Crippen LogP contribution in [0.5, 0.6) is 5.75 Å². The van der Waals surface area contributed by atoms with Gasteiger partial charge in [-0.15, -0.1) is 0 Å². The van der Waals surface area contributed by atoms with E-state index in [0.717, 1.165) is 18.4 Å². The Hall–Kier alpha value is -1.52. The van der Waals surface area contributed by atoms with E-state index in [1.807, 2.05) is 24.3 Å². The second kappa shape index (κ2) is 5.85. The molecule has 0 spiro atoms. The smallest absolute Gasteiger partial charge is 0.157 e. The first-order valence-electron chi connectivity index (χ1n) is 7.34. The molecule has 3 atom stereocenters. The largest absolute Gasteiger partial charge is 0.490 e. The van der Waals surface area contributed by atoms with Gasteiger partial charge in [0, 0.05) is 12.1 Å². The van der Waals surface area contributed by atoms with Crippen LogP contribution in [0.2, 0.25) is 0 Å². The molecular weight excluding hydrogens is 252 g/mol. The molecule has 0 aliphatic carbocycles. The standard InChI is InChI=1S/C16H22N2O2/c1-11(15-7-2-3-8-16(15)20-17)19-14-9-12-5-4-6-13(10-14)18-12/h2-3,7-8,12-14,18H,1,4-6,9-10,17H2/t12-,13+,14?. The van der Waals surface area contributed by atoms with Gasteiger partial charge in [0.2, 0.25) is 0 Å². The van der Waals surface area contributed by atoms with Crippen molar-refractivity contribution in [3.8, 4) is 5.75 Å². The Morgan fingerprint density at radius 1 is 1.20 bits per heavy atom. The number of hydrogen-bond donors (Lipinski definition) is 2. The van der Waals surface area contributed by atoms with E-state index in [4.69, 9.17) is 15.5 Å². The molecule has 2 bridgehead atoms. The van der Waals surface area contributed by atoms with Gasteiger partial charge in [0.25, 0.3) is 0 Å². The average Bonchev–Trinajstić information content (AvgIpc) is 2.46. The predicted molar refractivity (Wildman–Crippen MR) is 79.0 cm³/mol. The summed E-state index contributed by atoms with van der Waals surface area (Å²) in [6.45, 7) is 4.04. The van der Waals surface area contributed by atoms with Crippen molar-refractivity contribution in [2.75, 3.05) is 0 Å². The Labute approximate surface area is 119 Å². The molecule has 1 unspecified atom stereocenters. The van der Waals surface area contributed by atoms with Crippen molar-refractivity contribution in [3.63, 3.8) is 0 Å². The molecule has 2 saturated heterocycles. The van der Waals surface area contributed by atoms with Crippen LogP contribution in [0.3, 0.4) is 0 Å². The fourth-order valence-electron chi connectivity index (χ4n) is 3.37. The van der Waals surface area contributed by atoms with Gasteiger partial charge in [0.15, 0.2) is 5.75 Å². The molecule has 3 rings (SSSR count). The molecule has 4 heteroatoms. The van der Waals surface area contributed by atoms with Crippen LogP contribution in [-0.2, 0) is 4.74 Å². The lowest BCUT2D eigenvalue weighted by Crippen LogP contribution is -2.50. The molecule has 2 aliphatic rings. The van der Waals surface area contributed by atoms with Crippen LogP contribution < -0.4 is 16.1 Å². The molecule has 2 aliphatic heterocycles. The summed E-state index contributed by atoms with van der Waals surface area (Å²) in [7, 11) is 0. The number of nitrogens with two attached hydrogens (primary N) is 1. The molecule has 0 aromatic heterocycles. The maximum Gasteiger partial charge on any atom is 0.157 e. The fraction of sp³-hybridized carbons (Fsp3) is 0.500. The Bertz CT molecular complexity index is 477. The van der Waals surface area contributed by atoms with Crippen molar-refractivity contribution in [2.24, 2.45) is 5.90 Å². The van der Waals surface area contributed by atoms with Crippen molar-refractivity contribution < 1.29 is 9.57 Å². The summed E-state index contributed by atoms with van der Waals surface area (Å²) < 4.78 is 6.09. The SMILES string of the molecule is C=C(OC1C[C@H]2CCC[C@@H](C1)N2)c1ccccc1ON. The van der Waals surface area contributed by atoms with Crippen LogP contribution in [0.4, 0.5) is 0 Å². The van der Waals surface area contributed by atoms with Crippen LogP contribution in [0, 0.1) is 0 Å². The highest BCUT2D eigenvalue weighted by atomic mass is 16.6. The molecule has 0 radical (unpaired) electrons. The number of fused-ring (bicyclic) bond motifs is 2. The summed E-state index contributed by atoms with van der Waals surface area (Å²) in [4.78, 5) is 4.88. The molecule has 20 heavy (non-hydrogen) atoms. The summed E-state index contributed by atoms with van der Waals surface area (Å²) in [5.74, 6) is 6.54. The van der Waals surface area contributed by atoms with Crippen molar-refractivity contribution in [2.45, 2.75) is 50.3 Å². The molecule has 108 valence electrons. The monoisotopic (exact) mass is 274 g/mol. The van der Waals surface area contributed by atoms with Crippen LogP contribution in [0.15, 0.2) is 30.8 Å². The minimum atomic E-state index is 0.241. The van der Waals surface area contributed by atoms with Crippen LogP contribution in [0.1, 0.15) is 37.7 Å². The third kappa shape index (κ3) is 2.81. The summed E-state index contributed by atoms with van der Waals surface area (Å²) in [6.07, 6.45) is 6.20. The first-order chi connectivity index (χ1) is 9.76. The average molecular weight is 274 g/mol. The Morgan fingerprint density at radius 2 is 1.90 bits per heavy atom. The van der Waals surface area contributed by atoms with Gasteiger partial charge in [-0.2, -0.15) is 5.90 Å². The Balaban J connectivity index is 1.67. The molecule has 1 aromatic rings. The Kier molecular flexibility index (Phi) is 3.94. The van der Waals surface area contributed by atoms with Crippen molar-refractivity contribution in [3.05, 3.63) is 36.4 Å². The van der Waals surface area contributed by atoms with E-state index >= 15 is 0 Å². The van der Waals surface area contributed by atoms with E-state index in [9.17, 15) is 0 Å². The zero-order valence-corrected chi connectivity index (χ0v) is 11.7.